The predicted octanol–water partition coefficient (Wildman–Crippen LogP) is 2.88. The number of nitrogens with one attached hydrogen (secondary N) is 1. The Kier molecular flexibility index (Phi) is 4.35. The van der Waals surface area contributed by atoms with Gasteiger partial charge >= 0.3 is 0 Å². The summed E-state index contributed by atoms with van der Waals surface area (Å²) in [7, 11) is 0. The zero-order chi connectivity index (χ0) is 20.0. The van der Waals surface area contributed by atoms with Crippen molar-refractivity contribution in [1.29, 1.82) is 0 Å². The molecule has 0 amide bonds. The third-order valence-electron chi connectivity index (χ3n) is 5.42. The highest BCUT2D eigenvalue weighted by atomic mass is 19.3. The minimum Gasteiger partial charge on any atom is -0.387 e. The van der Waals surface area contributed by atoms with E-state index in [9.17, 15) is 8.78 Å². The quantitative estimate of drug-likeness (QED) is 0.714. The van der Waals surface area contributed by atoms with Gasteiger partial charge in [-0.25, -0.2) is 18.8 Å². The number of hydrogen-bond donors (Lipinski definition) is 2. The van der Waals surface area contributed by atoms with Crippen LogP contribution >= 0.6 is 0 Å². The van der Waals surface area contributed by atoms with Crippen molar-refractivity contribution in [2.75, 3.05) is 24.5 Å². The van der Waals surface area contributed by atoms with Crippen LogP contribution in [0.1, 0.15) is 5.56 Å². The molecule has 2 aliphatic heterocycles. The molecule has 148 valence electrons. The van der Waals surface area contributed by atoms with E-state index in [0.717, 1.165) is 33.4 Å². The molecule has 0 spiro atoms. The summed E-state index contributed by atoms with van der Waals surface area (Å²) in [6, 6.07) is 11.2. The van der Waals surface area contributed by atoms with Crippen LogP contribution in [0.15, 0.2) is 47.6 Å². The van der Waals surface area contributed by atoms with Crippen LogP contribution in [-0.4, -0.2) is 47.9 Å². The molecule has 2 aliphatic rings. The minimum absolute atomic E-state index is 0.210. The van der Waals surface area contributed by atoms with Crippen molar-refractivity contribution in [3.8, 4) is 11.1 Å². The van der Waals surface area contributed by atoms with Gasteiger partial charge in [0.15, 0.2) is 0 Å². The Bertz CT molecular complexity index is 1110. The molecule has 29 heavy (non-hydrogen) atoms. The molecule has 3 N–H and O–H groups in total. The molecule has 1 unspecified atom stereocenters. The van der Waals surface area contributed by atoms with Crippen molar-refractivity contribution in [2.24, 2.45) is 10.7 Å². The first-order valence-electron chi connectivity index (χ1n) is 9.56. The molecule has 0 bridgehead atoms. The molecule has 2 aromatic carbocycles. The maximum atomic E-state index is 13.1. The molecule has 1 saturated heterocycles. The van der Waals surface area contributed by atoms with Crippen LogP contribution in [0.5, 0.6) is 0 Å². The SMILES string of the molecule is NC1=Nc2cc(-c3ccc4ncc(N5CCNC(C(F)F)C5)nc4c3)ccc2C1. The van der Waals surface area contributed by atoms with Crippen LogP contribution in [0, 0.1) is 0 Å². The van der Waals surface area contributed by atoms with Gasteiger partial charge in [0.05, 0.1) is 29.0 Å². The Balaban J connectivity index is 1.48. The normalized spacial score (nSPS) is 18.9. The van der Waals surface area contributed by atoms with Gasteiger partial charge in [-0.1, -0.05) is 18.2 Å². The number of halogens is 2. The Morgan fingerprint density at radius 3 is 2.79 bits per heavy atom. The number of hydrogen-bond acceptors (Lipinski definition) is 6. The summed E-state index contributed by atoms with van der Waals surface area (Å²) >= 11 is 0. The Labute approximate surface area is 166 Å². The van der Waals surface area contributed by atoms with Crippen LogP contribution in [0.2, 0.25) is 0 Å². The molecule has 3 heterocycles. The smallest absolute Gasteiger partial charge is 0.255 e. The second-order valence-corrected chi connectivity index (χ2v) is 7.40. The molecule has 0 saturated carbocycles. The van der Waals surface area contributed by atoms with Crippen molar-refractivity contribution in [2.45, 2.75) is 18.9 Å². The first-order valence-corrected chi connectivity index (χ1v) is 9.56. The maximum absolute atomic E-state index is 13.1. The van der Waals surface area contributed by atoms with Gasteiger partial charge < -0.3 is 16.0 Å². The topological polar surface area (TPSA) is 79.4 Å². The van der Waals surface area contributed by atoms with E-state index in [1.165, 1.54) is 0 Å². The van der Waals surface area contributed by atoms with E-state index in [-0.39, 0.29) is 6.54 Å². The highest BCUT2D eigenvalue weighted by molar-refractivity contribution is 5.92. The Morgan fingerprint density at radius 2 is 1.93 bits per heavy atom. The highest BCUT2D eigenvalue weighted by Crippen LogP contribution is 2.32. The summed E-state index contributed by atoms with van der Waals surface area (Å²) in [4.78, 5) is 15.4. The number of benzene rings is 2. The third kappa shape index (κ3) is 3.40. The maximum Gasteiger partial charge on any atom is 0.255 e. The lowest BCUT2D eigenvalue weighted by Gasteiger charge is -2.33. The van der Waals surface area contributed by atoms with Crippen LogP contribution in [0.3, 0.4) is 0 Å². The predicted molar refractivity (Wildman–Crippen MR) is 110 cm³/mol. The molecule has 3 aromatic rings. The number of alkyl halides is 2. The fourth-order valence-corrected chi connectivity index (χ4v) is 3.88. The summed E-state index contributed by atoms with van der Waals surface area (Å²) in [5, 5.41) is 2.85. The monoisotopic (exact) mass is 394 g/mol. The average molecular weight is 394 g/mol. The number of aliphatic imine (C=N–C) groups is 1. The van der Waals surface area contributed by atoms with Gasteiger partial charge in [0, 0.05) is 26.1 Å². The summed E-state index contributed by atoms with van der Waals surface area (Å²) in [5.41, 5.74) is 11.4. The average Bonchev–Trinajstić information content (AvgIpc) is 3.12. The van der Waals surface area contributed by atoms with E-state index >= 15 is 0 Å². The molecule has 5 rings (SSSR count). The molecular formula is C21H20F2N6. The number of amidine groups is 1. The number of fused-ring (bicyclic) bond motifs is 2. The molecular weight excluding hydrogens is 374 g/mol. The largest absolute Gasteiger partial charge is 0.387 e. The van der Waals surface area contributed by atoms with E-state index in [4.69, 9.17) is 10.7 Å². The second-order valence-electron chi connectivity index (χ2n) is 7.40. The van der Waals surface area contributed by atoms with Crippen molar-refractivity contribution in [3.63, 3.8) is 0 Å². The van der Waals surface area contributed by atoms with E-state index in [2.05, 4.69) is 21.4 Å². The van der Waals surface area contributed by atoms with Crippen LogP contribution < -0.4 is 16.0 Å². The first kappa shape index (κ1) is 17.9. The lowest BCUT2D eigenvalue weighted by atomic mass is 10.0. The van der Waals surface area contributed by atoms with Crippen molar-refractivity contribution < 1.29 is 8.78 Å². The summed E-state index contributed by atoms with van der Waals surface area (Å²) in [6.07, 6.45) is -0.0656. The van der Waals surface area contributed by atoms with Crippen molar-refractivity contribution in [3.05, 3.63) is 48.2 Å². The highest BCUT2D eigenvalue weighted by Gasteiger charge is 2.27. The van der Waals surface area contributed by atoms with E-state index < -0.39 is 12.5 Å². The summed E-state index contributed by atoms with van der Waals surface area (Å²) in [5.74, 6) is 1.25. The summed E-state index contributed by atoms with van der Waals surface area (Å²) < 4.78 is 26.2. The zero-order valence-electron chi connectivity index (χ0n) is 15.6. The standard InChI is InChI=1S/C21H20F2N6/c22-21(23)18-11-29(6-5-25-18)20-10-26-15-4-3-13(8-17(15)28-20)12-1-2-14-9-19(24)27-16(14)7-12/h1-4,7-8,10,18,21,25H,5-6,9,11H2,(H2,24,27). The van der Waals surface area contributed by atoms with Gasteiger partial charge in [0.2, 0.25) is 0 Å². The number of piperazine rings is 1. The third-order valence-corrected chi connectivity index (χ3v) is 5.42. The van der Waals surface area contributed by atoms with Gasteiger partial charge in [0.1, 0.15) is 11.7 Å². The molecule has 1 aromatic heterocycles. The lowest BCUT2D eigenvalue weighted by Crippen LogP contribution is -2.54. The number of aromatic nitrogens is 2. The fourth-order valence-electron chi connectivity index (χ4n) is 3.88. The van der Waals surface area contributed by atoms with Gasteiger partial charge in [-0.3, -0.25) is 4.98 Å². The Hall–Kier alpha value is -3.13. The number of rotatable bonds is 3. The van der Waals surface area contributed by atoms with E-state index in [1.54, 1.807) is 6.20 Å². The number of nitrogens with zero attached hydrogens (tertiary/aromatic N) is 4. The Morgan fingerprint density at radius 1 is 1.10 bits per heavy atom. The molecule has 8 heteroatoms. The molecule has 0 radical (unpaired) electrons. The molecule has 0 aliphatic carbocycles. The van der Waals surface area contributed by atoms with Crippen LogP contribution in [0.4, 0.5) is 20.3 Å². The molecule has 1 atom stereocenters. The van der Waals surface area contributed by atoms with Crippen LogP contribution in [-0.2, 0) is 6.42 Å². The molecule has 6 nitrogen and oxygen atoms in total. The van der Waals surface area contributed by atoms with Gasteiger partial charge in [-0.15, -0.1) is 0 Å². The lowest BCUT2D eigenvalue weighted by molar-refractivity contribution is 0.0957. The van der Waals surface area contributed by atoms with E-state index in [0.29, 0.717) is 31.2 Å². The zero-order valence-corrected chi connectivity index (χ0v) is 15.6. The van der Waals surface area contributed by atoms with Gasteiger partial charge in [0.25, 0.3) is 6.43 Å². The first-order chi connectivity index (χ1) is 14.1. The second kappa shape index (κ2) is 7.04. The summed E-state index contributed by atoms with van der Waals surface area (Å²) in [6.45, 7) is 1.32. The van der Waals surface area contributed by atoms with Crippen molar-refractivity contribution in [1.82, 2.24) is 15.3 Å². The van der Waals surface area contributed by atoms with Gasteiger partial charge in [-0.2, -0.15) is 0 Å². The van der Waals surface area contributed by atoms with Gasteiger partial charge in [-0.05, 0) is 34.9 Å². The fraction of sp³-hybridized carbons (Fsp3) is 0.286. The van der Waals surface area contributed by atoms with Crippen molar-refractivity contribution >= 4 is 28.4 Å². The molecule has 1 fully saturated rings. The van der Waals surface area contributed by atoms with E-state index in [1.807, 2.05) is 35.2 Å². The number of anilines is 1. The van der Waals surface area contributed by atoms with Crippen LogP contribution in [0.25, 0.3) is 22.2 Å². The number of nitrogens with two attached hydrogens (primary N) is 1. The minimum atomic E-state index is -2.41.